The minimum absolute atomic E-state index is 0.0469. The third-order valence-corrected chi connectivity index (χ3v) is 6.24. The van der Waals surface area contributed by atoms with E-state index in [1.165, 1.54) is 11.1 Å². The number of benzene rings is 2. The first kappa shape index (κ1) is 24.5. The van der Waals surface area contributed by atoms with Gasteiger partial charge in [0, 0.05) is 32.7 Å². The number of carbonyl (C=O) groups is 2. The van der Waals surface area contributed by atoms with Crippen LogP contribution in [0.25, 0.3) is 0 Å². The van der Waals surface area contributed by atoms with Crippen molar-refractivity contribution < 1.29 is 9.59 Å². The van der Waals surface area contributed by atoms with E-state index in [1.54, 1.807) is 18.2 Å². The summed E-state index contributed by atoms with van der Waals surface area (Å²) in [6.07, 6.45) is 0. The van der Waals surface area contributed by atoms with Crippen LogP contribution in [-0.4, -0.2) is 72.3 Å². The number of hydrogen-bond donors (Lipinski definition) is 1. The van der Waals surface area contributed by atoms with Gasteiger partial charge in [-0.15, -0.1) is 0 Å². The van der Waals surface area contributed by atoms with E-state index in [4.69, 9.17) is 23.2 Å². The van der Waals surface area contributed by atoms with Gasteiger partial charge in [0.05, 0.1) is 28.8 Å². The molecule has 0 spiro atoms. The summed E-state index contributed by atoms with van der Waals surface area (Å²) >= 11 is 12.2. The number of halogens is 2. The van der Waals surface area contributed by atoms with E-state index in [2.05, 4.69) is 41.4 Å². The fraction of sp³-hybridized carbons (Fsp3) is 0.417. The van der Waals surface area contributed by atoms with Crippen molar-refractivity contribution >= 4 is 40.7 Å². The van der Waals surface area contributed by atoms with Crippen LogP contribution in [0, 0.1) is 6.92 Å². The van der Waals surface area contributed by atoms with Crippen LogP contribution in [0.15, 0.2) is 42.5 Å². The number of likely N-dealkylation sites (N-methyl/N-ethyl adjacent to an activating group) is 1. The first-order chi connectivity index (χ1) is 15.4. The van der Waals surface area contributed by atoms with Crippen LogP contribution in [0.5, 0.6) is 0 Å². The van der Waals surface area contributed by atoms with E-state index in [1.807, 2.05) is 16.7 Å². The zero-order chi connectivity index (χ0) is 23.1. The second-order valence-corrected chi connectivity index (χ2v) is 8.91. The molecule has 1 aliphatic rings. The Bertz CT molecular complexity index is 925. The van der Waals surface area contributed by atoms with Crippen LogP contribution in [-0.2, 0) is 16.1 Å². The van der Waals surface area contributed by atoms with Crippen LogP contribution in [0.2, 0.25) is 10.0 Å². The summed E-state index contributed by atoms with van der Waals surface area (Å²) in [5.41, 5.74) is 2.95. The topological polar surface area (TPSA) is 55.9 Å². The Hall–Kier alpha value is -2.12. The van der Waals surface area contributed by atoms with Gasteiger partial charge in [0.25, 0.3) is 0 Å². The van der Waals surface area contributed by atoms with Crippen LogP contribution in [0.4, 0.5) is 5.69 Å². The Balaban J connectivity index is 1.46. The fourth-order valence-corrected chi connectivity index (χ4v) is 4.29. The molecule has 0 bridgehead atoms. The number of aryl methyl sites for hydroxylation is 1. The number of nitrogens with zero attached hydrogens (tertiary/aromatic N) is 3. The highest BCUT2D eigenvalue weighted by Crippen LogP contribution is 2.29. The van der Waals surface area contributed by atoms with Gasteiger partial charge >= 0.3 is 0 Å². The molecule has 1 aliphatic heterocycles. The van der Waals surface area contributed by atoms with Crippen LogP contribution >= 0.6 is 23.2 Å². The molecule has 8 heteroatoms. The van der Waals surface area contributed by atoms with Crippen molar-refractivity contribution in [2.45, 2.75) is 20.4 Å². The lowest BCUT2D eigenvalue weighted by atomic mass is 10.1. The first-order valence-electron chi connectivity index (χ1n) is 10.9. The third kappa shape index (κ3) is 6.94. The number of amides is 2. The molecule has 0 atom stereocenters. The highest BCUT2D eigenvalue weighted by Gasteiger charge is 2.23. The molecule has 0 unspecified atom stereocenters. The summed E-state index contributed by atoms with van der Waals surface area (Å²) in [6, 6.07) is 13.6. The Labute approximate surface area is 200 Å². The smallest absolute Gasteiger partial charge is 0.238 e. The maximum Gasteiger partial charge on any atom is 0.238 e. The van der Waals surface area contributed by atoms with Crippen molar-refractivity contribution in [2.75, 3.05) is 51.1 Å². The summed E-state index contributed by atoms with van der Waals surface area (Å²) in [5, 5.41) is 3.52. The Morgan fingerprint density at radius 1 is 1.00 bits per heavy atom. The average Bonchev–Trinajstić information content (AvgIpc) is 2.76. The predicted octanol–water partition coefficient (Wildman–Crippen LogP) is 3.91. The summed E-state index contributed by atoms with van der Waals surface area (Å²) < 4.78 is 0. The number of hydrogen-bond acceptors (Lipinski definition) is 4. The summed E-state index contributed by atoms with van der Waals surface area (Å²) in [4.78, 5) is 31.4. The minimum Gasteiger partial charge on any atom is -0.339 e. The quantitative estimate of drug-likeness (QED) is 0.627. The highest BCUT2D eigenvalue weighted by molar-refractivity contribution is 6.39. The zero-order valence-electron chi connectivity index (χ0n) is 18.6. The lowest BCUT2D eigenvalue weighted by Crippen LogP contribution is -2.51. The standard InChI is InChI=1S/C24H30Cl2N4O2/c1-3-28(16-22(31)27-24-20(25)8-5-9-21(24)26)17-23(32)30-12-10-29(11-13-30)15-19-7-4-6-18(2)14-19/h4-9,14H,3,10-13,15-17H2,1-2H3,(H,27,31). The van der Waals surface area contributed by atoms with Crippen molar-refractivity contribution in [3.8, 4) is 0 Å². The van der Waals surface area contributed by atoms with Gasteiger partial charge in [-0.25, -0.2) is 0 Å². The largest absolute Gasteiger partial charge is 0.339 e. The van der Waals surface area contributed by atoms with Gasteiger partial charge in [0.2, 0.25) is 11.8 Å². The van der Waals surface area contributed by atoms with E-state index in [0.29, 0.717) is 35.4 Å². The molecule has 0 aromatic heterocycles. The van der Waals surface area contributed by atoms with Crippen molar-refractivity contribution in [3.05, 3.63) is 63.6 Å². The third-order valence-electron chi connectivity index (χ3n) is 5.61. The van der Waals surface area contributed by atoms with Crippen LogP contribution < -0.4 is 5.32 Å². The lowest BCUT2D eigenvalue weighted by molar-refractivity contribution is -0.134. The highest BCUT2D eigenvalue weighted by atomic mass is 35.5. The molecule has 172 valence electrons. The molecule has 1 saturated heterocycles. The molecule has 6 nitrogen and oxygen atoms in total. The molecule has 3 rings (SSSR count). The van der Waals surface area contributed by atoms with Crippen molar-refractivity contribution in [1.29, 1.82) is 0 Å². The van der Waals surface area contributed by atoms with Crippen molar-refractivity contribution in [3.63, 3.8) is 0 Å². The molecule has 2 amide bonds. The monoisotopic (exact) mass is 476 g/mol. The SMILES string of the molecule is CCN(CC(=O)Nc1c(Cl)cccc1Cl)CC(=O)N1CCN(Cc2cccc(C)c2)CC1. The minimum atomic E-state index is -0.252. The second-order valence-electron chi connectivity index (χ2n) is 8.09. The van der Waals surface area contributed by atoms with E-state index in [0.717, 1.165) is 19.6 Å². The summed E-state index contributed by atoms with van der Waals surface area (Å²) in [6.45, 7) is 8.90. The first-order valence-corrected chi connectivity index (χ1v) is 11.6. The summed E-state index contributed by atoms with van der Waals surface area (Å²) in [5.74, 6) is -0.205. The molecule has 0 saturated carbocycles. The van der Waals surface area contributed by atoms with Gasteiger partial charge in [-0.2, -0.15) is 0 Å². The number of para-hydroxylation sites is 1. The van der Waals surface area contributed by atoms with Crippen LogP contribution in [0.3, 0.4) is 0 Å². The number of rotatable bonds is 8. The van der Waals surface area contributed by atoms with Gasteiger partial charge < -0.3 is 10.2 Å². The zero-order valence-corrected chi connectivity index (χ0v) is 20.1. The molecule has 0 radical (unpaired) electrons. The Morgan fingerprint density at radius 3 is 2.28 bits per heavy atom. The van der Waals surface area contributed by atoms with Crippen molar-refractivity contribution in [2.24, 2.45) is 0 Å². The average molecular weight is 477 g/mol. The molecular formula is C24H30Cl2N4O2. The molecule has 2 aromatic rings. The second kappa shape index (κ2) is 11.7. The van der Waals surface area contributed by atoms with E-state index in [-0.39, 0.29) is 24.9 Å². The maximum atomic E-state index is 12.8. The number of nitrogens with one attached hydrogen (secondary N) is 1. The molecule has 2 aromatic carbocycles. The number of carbonyl (C=O) groups excluding carboxylic acids is 2. The Kier molecular flexibility index (Phi) is 8.93. The maximum absolute atomic E-state index is 12.8. The molecule has 0 aliphatic carbocycles. The molecule has 1 heterocycles. The van der Waals surface area contributed by atoms with E-state index >= 15 is 0 Å². The Morgan fingerprint density at radius 2 is 1.66 bits per heavy atom. The van der Waals surface area contributed by atoms with Gasteiger partial charge in [-0.3, -0.25) is 19.4 Å². The molecule has 32 heavy (non-hydrogen) atoms. The number of anilines is 1. The molecule has 1 N–H and O–H groups in total. The number of piperazine rings is 1. The predicted molar refractivity (Wildman–Crippen MR) is 130 cm³/mol. The van der Waals surface area contributed by atoms with Crippen molar-refractivity contribution in [1.82, 2.24) is 14.7 Å². The summed E-state index contributed by atoms with van der Waals surface area (Å²) in [7, 11) is 0. The van der Waals surface area contributed by atoms with Gasteiger partial charge in [0.15, 0.2) is 0 Å². The normalized spacial score (nSPS) is 14.6. The fourth-order valence-electron chi connectivity index (χ4n) is 3.79. The van der Waals surface area contributed by atoms with Gasteiger partial charge in [0.1, 0.15) is 0 Å². The lowest BCUT2D eigenvalue weighted by Gasteiger charge is -2.35. The molecule has 1 fully saturated rings. The van der Waals surface area contributed by atoms with Gasteiger partial charge in [-0.05, 0) is 31.2 Å². The van der Waals surface area contributed by atoms with Crippen LogP contribution in [0.1, 0.15) is 18.1 Å². The van der Waals surface area contributed by atoms with E-state index in [9.17, 15) is 9.59 Å². The van der Waals surface area contributed by atoms with Gasteiger partial charge in [-0.1, -0.05) is 66.0 Å². The van der Waals surface area contributed by atoms with E-state index < -0.39 is 0 Å². The molecular weight excluding hydrogens is 447 g/mol.